The molecule has 0 fully saturated rings. The van der Waals surface area contributed by atoms with Crippen LogP contribution in [0.25, 0.3) is 0 Å². The van der Waals surface area contributed by atoms with Crippen LogP contribution in [0.4, 0.5) is 0 Å². The summed E-state index contributed by atoms with van der Waals surface area (Å²) in [7, 11) is 0. The number of hydrogen-bond donors (Lipinski definition) is 0. The Balaban J connectivity index is 3.12. The van der Waals surface area contributed by atoms with Crippen LogP contribution in [0.15, 0.2) is 30.5 Å². The van der Waals surface area contributed by atoms with E-state index in [1.165, 1.54) is 22.3 Å². The van der Waals surface area contributed by atoms with E-state index >= 15 is 0 Å². The van der Waals surface area contributed by atoms with Crippen LogP contribution >= 0.6 is 0 Å². The lowest BCUT2D eigenvalue weighted by molar-refractivity contribution is 1.16. The Bertz CT molecular complexity index is 353. The Hall–Kier alpha value is -1.26. The highest BCUT2D eigenvalue weighted by Gasteiger charge is 2.00. The molecule has 0 heteroatoms. The maximum Gasteiger partial charge on any atom is -0.00186 e. The quantitative estimate of drug-likeness (QED) is 0.599. The van der Waals surface area contributed by atoms with Gasteiger partial charge in [-0.3, -0.25) is 0 Å². The van der Waals surface area contributed by atoms with Crippen molar-refractivity contribution in [3.05, 3.63) is 52.8 Å². The van der Waals surface area contributed by atoms with Gasteiger partial charge in [0.1, 0.15) is 0 Å². The van der Waals surface area contributed by atoms with Crippen molar-refractivity contribution in [1.29, 1.82) is 0 Å². The van der Waals surface area contributed by atoms with Gasteiger partial charge in [0, 0.05) is 0 Å². The van der Waals surface area contributed by atoms with E-state index < -0.39 is 0 Å². The zero-order chi connectivity index (χ0) is 9.84. The van der Waals surface area contributed by atoms with Crippen molar-refractivity contribution in [2.45, 2.75) is 27.2 Å². The van der Waals surface area contributed by atoms with Gasteiger partial charge in [0.15, 0.2) is 0 Å². The van der Waals surface area contributed by atoms with Crippen LogP contribution in [-0.4, -0.2) is 0 Å². The largest absolute Gasteiger partial charge is 0.133 e. The fraction of sp³-hybridized carbons (Fsp3) is 0.308. The molecule has 0 aromatic heterocycles. The summed E-state index contributed by atoms with van der Waals surface area (Å²) in [6.45, 7) is 10.0. The molecule has 0 radical (unpaired) electrons. The third-order valence-electron chi connectivity index (χ3n) is 2.39. The Morgan fingerprint density at radius 3 is 2.62 bits per heavy atom. The van der Waals surface area contributed by atoms with Gasteiger partial charge >= 0.3 is 0 Å². The van der Waals surface area contributed by atoms with Crippen LogP contribution < -0.4 is 0 Å². The summed E-state index contributed by atoms with van der Waals surface area (Å²) in [6.07, 6.45) is 2.92. The van der Waals surface area contributed by atoms with E-state index in [1.54, 1.807) is 0 Å². The topological polar surface area (TPSA) is 0 Å². The van der Waals surface area contributed by atoms with Crippen molar-refractivity contribution in [1.82, 2.24) is 0 Å². The fourth-order valence-electron chi connectivity index (χ4n) is 1.52. The van der Waals surface area contributed by atoms with Gasteiger partial charge in [0.05, 0.1) is 0 Å². The van der Waals surface area contributed by atoms with Crippen LogP contribution in [0, 0.1) is 20.8 Å². The Kier molecular flexibility index (Phi) is 3.11. The van der Waals surface area contributed by atoms with E-state index in [1.807, 2.05) is 6.08 Å². The van der Waals surface area contributed by atoms with Crippen LogP contribution in [0.5, 0.6) is 0 Å². The maximum atomic E-state index is 3.57. The number of hydrogen-bond acceptors (Lipinski definition) is 0. The molecule has 0 spiro atoms. The Labute approximate surface area is 80.6 Å². The molecule has 0 heterocycles. The van der Waals surface area contributed by atoms with Crippen molar-refractivity contribution < 1.29 is 0 Å². The zero-order valence-corrected chi connectivity index (χ0v) is 8.65. The normalized spacial score (nSPS) is 9.46. The summed E-state index contributed by atoms with van der Waals surface area (Å²) in [4.78, 5) is 0. The lowest BCUT2D eigenvalue weighted by atomic mass is 9.98. The van der Waals surface area contributed by atoms with Crippen LogP contribution in [0.1, 0.15) is 22.3 Å². The second-order valence-corrected chi connectivity index (χ2v) is 3.48. The smallest absolute Gasteiger partial charge is 0.00186 e. The molecule has 0 atom stereocenters. The van der Waals surface area contributed by atoms with Gasteiger partial charge in [0.2, 0.25) is 0 Å². The number of aryl methyl sites for hydroxylation is 2. The van der Waals surface area contributed by atoms with Gasteiger partial charge in [-0.2, -0.15) is 0 Å². The summed E-state index contributed by atoms with van der Waals surface area (Å²) in [5.41, 5.74) is 8.27. The summed E-state index contributed by atoms with van der Waals surface area (Å²) in [6, 6.07) is 4.45. The highest BCUT2D eigenvalue weighted by molar-refractivity contribution is 5.38. The molecule has 0 unspecified atom stereocenters. The average molecular weight is 172 g/mol. The van der Waals surface area contributed by atoms with Crippen molar-refractivity contribution in [2.75, 3.05) is 0 Å². The highest BCUT2D eigenvalue weighted by Crippen LogP contribution is 2.16. The monoisotopic (exact) mass is 172 g/mol. The molecule has 13 heavy (non-hydrogen) atoms. The molecular weight excluding hydrogens is 156 g/mol. The summed E-state index contributed by atoms with van der Waals surface area (Å²) in [5, 5.41) is 0. The maximum absolute atomic E-state index is 3.57. The minimum atomic E-state index is 0.942. The van der Waals surface area contributed by atoms with E-state index in [0.717, 1.165) is 6.42 Å². The number of allylic oxidation sites excluding steroid dienone is 1. The van der Waals surface area contributed by atoms with Crippen LogP contribution in [0.2, 0.25) is 0 Å². The molecule has 68 valence electrons. The predicted molar refractivity (Wildman–Crippen MR) is 58.1 cm³/mol. The van der Waals surface area contributed by atoms with Gasteiger partial charge in [-0.15, -0.1) is 5.73 Å². The molecule has 0 aliphatic rings. The molecule has 0 aliphatic heterocycles. The second-order valence-electron chi connectivity index (χ2n) is 3.48. The SMILES string of the molecule is C=C=CCc1cc(C)cc(C)c1C. The first-order valence-corrected chi connectivity index (χ1v) is 4.56. The van der Waals surface area contributed by atoms with E-state index in [4.69, 9.17) is 0 Å². The number of benzene rings is 1. The van der Waals surface area contributed by atoms with E-state index in [2.05, 4.69) is 45.2 Å². The molecule has 0 saturated heterocycles. The summed E-state index contributed by atoms with van der Waals surface area (Å²) in [5.74, 6) is 0. The molecule has 0 nitrogen and oxygen atoms in total. The second kappa shape index (κ2) is 4.11. The van der Waals surface area contributed by atoms with Gasteiger partial charge in [-0.25, -0.2) is 0 Å². The fourth-order valence-corrected chi connectivity index (χ4v) is 1.52. The predicted octanol–water partition coefficient (Wildman–Crippen LogP) is 3.50. The minimum absolute atomic E-state index is 0.942. The van der Waals surface area contributed by atoms with Crippen LogP contribution in [0.3, 0.4) is 0 Å². The third-order valence-corrected chi connectivity index (χ3v) is 2.39. The molecule has 0 aliphatic carbocycles. The summed E-state index contributed by atoms with van der Waals surface area (Å²) >= 11 is 0. The van der Waals surface area contributed by atoms with Gasteiger partial charge in [0.25, 0.3) is 0 Å². The van der Waals surface area contributed by atoms with Gasteiger partial charge < -0.3 is 0 Å². The lowest BCUT2D eigenvalue weighted by Crippen LogP contribution is -1.92. The molecule has 0 bridgehead atoms. The van der Waals surface area contributed by atoms with E-state index in [-0.39, 0.29) is 0 Å². The van der Waals surface area contributed by atoms with Crippen molar-refractivity contribution in [2.24, 2.45) is 0 Å². The first kappa shape index (κ1) is 9.83. The standard InChI is InChI=1S/C13H16/c1-5-6-7-13-9-10(2)8-11(3)12(13)4/h6,8-9H,1,7H2,2-4H3. The molecule has 0 N–H and O–H groups in total. The zero-order valence-electron chi connectivity index (χ0n) is 8.65. The molecule has 1 aromatic carbocycles. The number of rotatable bonds is 2. The van der Waals surface area contributed by atoms with Gasteiger partial charge in [-0.1, -0.05) is 24.3 Å². The lowest BCUT2D eigenvalue weighted by Gasteiger charge is -2.07. The third kappa shape index (κ3) is 2.34. The average Bonchev–Trinajstić information content (AvgIpc) is 2.09. The van der Waals surface area contributed by atoms with Crippen molar-refractivity contribution >= 4 is 0 Å². The molecule has 0 saturated carbocycles. The first-order chi connectivity index (χ1) is 6.15. The molecule has 1 rings (SSSR count). The van der Waals surface area contributed by atoms with E-state index in [0.29, 0.717) is 0 Å². The molecule has 1 aromatic rings. The van der Waals surface area contributed by atoms with Crippen molar-refractivity contribution in [3.63, 3.8) is 0 Å². The highest BCUT2D eigenvalue weighted by atomic mass is 14.1. The molecule has 0 amide bonds. The Morgan fingerprint density at radius 2 is 2.00 bits per heavy atom. The van der Waals surface area contributed by atoms with Crippen molar-refractivity contribution in [3.8, 4) is 0 Å². The van der Waals surface area contributed by atoms with Gasteiger partial charge in [-0.05, 0) is 50.0 Å². The first-order valence-electron chi connectivity index (χ1n) is 4.56. The van der Waals surface area contributed by atoms with Crippen LogP contribution in [-0.2, 0) is 6.42 Å². The molecular formula is C13H16. The summed E-state index contributed by atoms with van der Waals surface area (Å²) < 4.78 is 0. The van der Waals surface area contributed by atoms with E-state index in [9.17, 15) is 0 Å². The Morgan fingerprint density at radius 1 is 1.31 bits per heavy atom. The minimum Gasteiger partial charge on any atom is -0.133 e.